The molecule has 0 spiro atoms. The third-order valence-electron chi connectivity index (χ3n) is 5.36. The highest BCUT2D eigenvalue weighted by atomic mass is 32.1. The first-order valence-electron chi connectivity index (χ1n) is 9.85. The van der Waals surface area contributed by atoms with Gasteiger partial charge in [-0.3, -0.25) is 9.59 Å². The number of piperidine rings is 1. The van der Waals surface area contributed by atoms with Crippen LogP contribution in [0.4, 0.5) is 0 Å². The molecule has 3 aromatic heterocycles. The number of hydrogen-bond donors (Lipinski definition) is 0. The lowest BCUT2D eigenvalue weighted by atomic mass is 9.94. The number of carbonyl (C=O) groups excluding carboxylic acids is 1. The molecule has 5 rings (SSSR count). The van der Waals surface area contributed by atoms with Gasteiger partial charge in [-0.25, -0.2) is 0 Å². The molecule has 1 aliphatic heterocycles. The molecular weight excluding hydrogens is 402 g/mol. The summed E-state index contributed by atoms with van der Waals surface area (Å²) in [7, 11) is 0. The Kier molecular flexibility index (Phi) is 4.92. The van der Waals surface area contributed by atoms with Gasteiger partial charge in [0.25, 0.3) is 5.91 Å². The molecule has 1 fully saturated rings. The third-order valence-corrected chi connectivity index (χ3v) is 6.05. The predicted octanol–water partition coefficient (Wildman–Crippen LogP) is 4.00. The van der Waals surface area contributed by atoms with Gasteiger partial charge in [0.05, 0.1) is 5.39 Å². The Morgan fingerprint density at radius 1 is 1.27 bits per heavy atom. The fourth-order valence-electron chi connectivity index (χ4n) is 3.87. The van der Waals surface area contributed by atoms with E-state index in [0.717, 1.165) is 18.4 Å². The maximum Gasteiger partial charge on any atom is 0.289 e. The van der Waals surface area contributed by atoms with Gasteiger partial charge in [0.2, 0.25) is 11.7 Å². The van der Waals surface area contributed by atoms with Crippen molar-refractivity contribution in [2.24, 2.45) is 5.92 Å². The number of carbonyl (C=O) groups is 1. The summed E-state index contributed by atoms with van der Waals surface area (Å²) in [4.78, 5) is 31.6. The molecule has 4 heterocycles. The second kappa shape index (κ2) is 7.87. The molecule has 1 saturated heterocycles. The molecule has 1 aliphatic rings. The number of para-hydroxylation sites is 1. The Labute approximate surface area is 175 Å². The lowest BCUT2D eigenvalue weighted by Crippen LogP contribution is -2.40. The van der Waals surface area contributed by atoms with Crippen molar-refractivity contribution < 1.29 is 13.7 Å². The topological polar surface area (TPSA) is 89.4 Å². The van der Waals surface area contributed by atoms with E-state index in [1.165, 1.54) is 6.07 Å². The van der Waals surface area contributed by atoms with Gasteiger partial charge in [-0.2, -0.15) is 16.3 Å². The fraction of sp³-hybridized carbons (Fsp3) is 0.273. The highest BCUT2D eigenvalue weighted by molar-refractivity contribution is 7.08. The van der Waals surface area contributed by atoms with Crippen LogP contribution >= 0.6 is 11.3 Å². The normalized spacial score (nSPS) is 16.8. The van der Waals surface area contributed by atoms with Crippen molar-refractivity contribution in [1.29, 1.82) is 0 Å². The maximum atomic E-state index is 13.0. The first kappa shape index (κ1) is 18.7. The van der Waals surface area contributed by atoms with Gasteiger partial charge in [0, 0.05) is 36.5 Å². The SMILES string of the molecule is O=C(c1cc(=O)c2ccccc2o1)N1CCC[C@@H](Cc2nc(-c3ccsc3)no2)C1. The molecule has 7 nitrogen and oxygen atoms in total. The summed E-state index contributed by atoms with van der Waals surface area (Å²) in [6.45, 7) is 1.20. The standard InChI is InChI=1S/C22H19N3O4S/c26-17-11-19(28-18-6-2-1-5-16(17)18)22(27)25-8-3-4-14(12-25)10-20-23-21(24-29-20)15-7-9-30-13-15/h1-2,5-7,9,11,13-14H,3-4,8,10,12H2/t14-/m0/s1. The van der Waals surface area contributed by atoms with E-state index in [-0.39, 0.29) is 23.0 Å². The first-order valence-corrected chi connectivity index (χ1v) is 10.8. The summed E-state index contributed by atoms with van der Waals surface area (Å²) < 4.78 is 11.1. The summed E-state index contributed by atoms with van der Waals surface area (Å²) >= 11 is 1.59. The van der Waals surface area contributed by atoms with Crippen LogP contribution in [0.2, 0.25) is 0 Å². The Balaban J connectivity index is 1.31. The molecule has 30 heavy (non-hydrogen) atoms. The average Bonchev–Trinajstić information content (AvgIpc) is 3.45. The van der Waals surface area contributed by atoms with Gasteiger partial charge in [-0.1, -0.05) is 17.3 Å². The van der Waals surface area contributed by atoms with Crippen LogP contribution in [-0.2, 0) is 6.42 Å². The Morgan fingerprint density at radius 3 is 3.03 bits per heavy atom. The molecule has 0 radical (unpaired) electrons. The van der Waals surface area contributed by atoms with Crippen molar-refractivity contribution in [3.63, 3.8) is 0 Å². The first-order chi connectivity index (χ1) is 14.7. The van der Waals surface area contributed by atoms with E-state index in [1.807, 2.05) is 16.8 Å². The van der Waals surface area contributed by atoms with Crippen LogP contribution in [0, 0.1) is 5.92 Å². The summed E-state index contributed by atoms with van der Waals surface area (Å²) in [6.07, 6.45) is 2.46. The summed E-state index contributed by atoms with van der Waals surface area (Å²) in [5.74, 6) is 1.20. The zero-order chi connectivity index (χ0) is 20.5. The van der Waals surface area contributed by atoms with Crippen molar-refractivity contribution in [3.8, 4) is 11.4 Å². The fourth-order valence-corrected chi connectivity index (χ4v) is 4.51. The number of likely N-dealkylation sites (tertiary alicyclic amines) is 1. The van der Waals surface area contributed by atoms with E-state index < -0.39 is 0 Å². The highest BCUT2D eigenvalue weighted by Gasteiger charge is 2.28. The second-order valence-electron chi connectivity index (χ2n) is 7.46. The minimum Gasteiger partial charge on any atom is -0.451 e. The van der Waals surface area contributed by atoms with Gasteiger partial charge in [0.15, 0.2) is 11.2 Å². The molecular formula is C22H19N3O4S. The van der Waals surface area contributed by atoms with E-state index in [4.69, 9.17) is 8.94 Å². The number of fused-ring (bicyclic) bond motifs is 1. The van der Waals surface area contributed by atoms with Crippen LogP contribution in [0.25, 0.3) is 22.4 Å². The van der Waals surface area contributed by atoms with E-state index in [9.17, 15) is 9.59 Å². The molecule has 1 atom stereocenters. The Morgan fingerprint density at radius 2 is 2.17 bits per heavy atom. The van der Waals surface area contributed by atoms with Gasteiger partial charge >= 0.3 is 0 Å². The van der Waals surface area contributed by atoms with Gasteiger partial charge < -0.3 is 13.8 Å². The molecule has 0 unspecified atom stereocenters. The van der Waals surface area contributed by atoms with Crippen LogP contribution in [0.1, 0.15) is 29.3 Å². The monoisotopic (exact) mass is 421 g/mol. The second-order valence-corrected chi connectivity index (χ2v) is 8.24. The number of nitrogens with zero attached hydrogens (tertiary/aromatic N) is 3. The van der Waals surface area contributed by atoms with Crippen LogP contribution in [-0.4, -0.2) is 34.0 Å². The molecule has 1 aromatic carbocycles. The minimum absolute atomic E-state index is 0.0804. The number of benzene rings is 1. The molecule has 0 bridgehead atoms. The van der Waals surface area contributed by atoms with E-state index in [0.29, 0.717) is 42.2 Å². The molecule has 0 saturated carbocycles. The average molecular weight is 421 g/mol. The van der Waals surface area contributed by atoms with Gasteiger partial charge in [-0.05, 0) is 42.3 Å². The zero-order valence-electron chi connectivity index (χ0n) is 16.1. The third kappa shape index (κ3) is 3.66. The van der Waals surface area contributed by atoms with Crippen molar-refractivity contribution in [3.05, 3.63) is 69.0 Å². The summed E-state index contributed by atoms with van der Waals surface area (Å²) in [5, 5.41) is 8.48. The maximum absolute atomic E-state index is 13.0. The molecule has 0 aliphatic carbocycles. The smallest absolute Gasteiger partial charge is 0.289 e. The lowest BCUT2D eigenvalue weighted by Gasteiger charge is -2.31. The molecule has 8 heteroatoms. The van der Waals surface area contributed by atoms with Crippen LogP contribution in [0.5, 0.6) is 0 Å². The Bertz CT molecular complexity index is 1240. The van der Waals surface area contributed by atoms with E-state index >= 15 is 0 Å². The van der Waals surface area contributed by atoms with Crippen molar-refractivity contribution >= 4 is 28.2 Å². The van der Waals surface area contributed by atoms with E-state index in [1.54, 1.807) is 40.5 Å². The highest BCUT2D eigenvalue weighted by Crippen LogP contribution is 2.24. The number of aromatic nitrogens is 2. The van der Waals surface area contributed by atoms with Crippen LogP contribution < -0.4 is 5.43 Å². The molecule has 0 N–H and O–H groups in total. The number of rotatable bonds is 4. The van der Waals surface area contributed by atoms with Crippen molar-refractivity contribution in [2.45, 2.75) is 19.3 Å². The van der Waals surface area contributed by atoms with Crippen molar-refractivity contribution in [1.82, 2.24) is 15.0 Å². The Hall–Kier alpha value is -3.26. The summed E-state index contributed by atoms with van der Waals surface area (Å²) in [6, 6.07) is 10.2. The largest absolute Gasteiger partial charge is 0.451 e. The molecule has 152 valence electrons. The van der Waals surface area contributed by atoms with Crippen LogP contribution in [0.15, 0.2) is 60.9 Å². The van der Waals surface area contributed by atoms with Crippen molar-refractivity contribution in [2.75, 3.05) is 13.1 Å². The number of amides is 1. The predicted molar refractivity (Wildman–Crippen MR) is 112 cm³/mol. The van der Waals surface area contributed by atoms with Gasteiger partial charge in [0.1, 0.15) is 5.58 Å². The molecule has 4 aromatic rings. The number of hydrogen-bond acceptors (Lipinski definition) is 7. The van der Waals surface area contributed by atoms with Crippen LogP contribution in [0.3, 0.4) is 0 Å². The van der Waals surface area contributed by atoms with Gasteiger partial charge in [-0.15, -0.1) is 0 Å². The lowest BCUT2D eigenvalue weighted by molar-refractivity contribution is 0.0636. The molecule has 1 amide bonds. The number of thiophene rings is 1. The minimum atomic E-state index is -0.257. The quantitative estimate of drug-likeness (QED) is 0.495. The van der Waals surface area contributed by atoms with E-state index in [2.05, 4.69) is 10.1 Å². The zero-order valence-corrected chi connectivity index (χ0v) is 16.9. The summed E-state index contributed by atoms with van der Waals surface area (Å²) in [5.41, 5.74) is 1.16.